The first-order valence-corrected chi connectivity index (χ1v) is 3.85. The van der Waals surface area contributed by atoms with E-state index in [2.05, 4.69) is 35.3 Å². The molecule has 3 aromatic rings. The third kappa shape index (κ3) is 1.89. The molecule has 0 saturated carbocycles. The lowest BCUT2D eigenvalue weighted by atomic mass is 10.6. The third-order valence-electron chi connectivity index (χ3n) is 1.43. The van der Waals surface area contributed by atoms with Crippen LogP contribution in [0.15, 0.2) is 31.2 Å². The Labute approximate surface area is 78.6 Å². The minimum atomic E-state index is 0.713. The number of hydrogen-bond acceptors (Lipinski definition) is 5. The number of hydrogen-bond donors (Lipinski definition) is 2. The number of nitrogens with one attached hydrogen (secondary N) is 2. The topological polar surface area (TPSA) is 96.0 Å². The smallest absolute Gasteiger partial charge is 0.180 e. The third-order valence-corrected chi connectivity index (χ3v) is 1.43. The summed E-state index contributed by atoms with van der Waals surface area (Å²) >= 11 is 0. The predicted molar refractivity (Wildman–Crippen MR) is 48.1 cm³/mol. The largest absolute Gasteiger partial charge is 0.342 e. The summed E-state index contributed by atoms with van der Waals surface area (Å²) in [5, 5.41) is 9.33. The van der Waals surface area contributed by atoms with E-state index in [1.807, 2.05) is 0 Å². The van der Waals surface area contributed by atoms with E-state index in [1.54, 1.807) is 24.9 Å². The molecule has 0 saturated heterocycles. The van der Waals surface area contributed by atoms with Crippen LogP contribution in [0.3, 0.4) is 0 Å². The molecule has 0 aliphatic carbocycles. The molecule has 3 rings (SSSR count). The van der Waals surface area contributed by atoms with E-state index in [9.17, 15) is 0 Å². The van der Waals surface area contributed by atoms with E-state index >= 15 is 0 Å². The minimum absolute atomic E-state index is 0.713. The summed E-state index contributed by atoms with van der Waals surface area (Å²) in [7, 11) is 0. The van der Waals surface area contributed by atoms with Crippen LogP contribution in [-0.4, -0.2) is 35.3 Å². The Balaban J connectivity index is 0.000000128. The molecule has 0 spiro atoms. The maximum atomic E-state index is 3.91. The van der Waals surface area contributed by atoms with Crippen LogP contribution in [0.5, 0.6) is 0 Å². The lowest BCUT2D eigenvalue weighted by molar-refractivity contribution is 0.940. The van der Waals surface area contributed by atoms with Crippen molar-refractivity contribution in [1.82, 2.24) is 35.3 Å². The van der Waals surface area contributed by atoms with Gasteiger partial charge in [-0.1, -0.05) is 0 Å². The van der Waals surface area contributed by atoms with Gasteiger partial charge in [0.05, 0.1) is 24.9 Å². The Morgan fingerprint density at radius 3 is 2.57 bits per heavy atom. The zero-order valence-corrected chi connectivity index (χ0v) is 7.12. The fourth-order valence-corrected chi connectivity index (χ4v) is 0.857. The highest BCUT2D eigenvalue weighted by molar-refractivity contribution is 5.67. The molecule has 0 aliphatic rings. The van der Waals surface area contributed by atoms with Crippen LogP contribution in [0.1, 0.15) is 0 Å². The second-order valence-corrected chi connectivity index (χ2v) is 2.32. The zero-order valence-electron chi connectivity index (χ0n) is 7.12. The van der Waals surface area contributed by atoms with Gasteiger partial charge in [0, 0.05) is 0 Å². The number of aromatic amines is 2. The van der Waals surface area contributed by atoms with Crippen molar-refractivity contribution in [2.24, 2.45) is 0 Å². The van der Waals surface area contributed by atoms with E-state index in [0.29, 0.717) is 5.65 Å². The SMILES string of the molecule is c1cn[nH]n1.c1ncc2[nH]cnc2n1. The number of fused-ring (bicyclic) bond motifs is 1. The first kappa shape index (κ1) is 8.30. The van der Waals surface area contributed by atoms with Crippen LogP contribution in [0.4, 0.5) is 0 Å². The number of nitrogens with zero attached hydrogens (tertiary/aromatic N) is 5. The van der Waals surface area contributed by atoms with Gasteiger partial charge in [0.1, 0.15) is 11.8 Å². The molecule has 2 N–H and O–H groups in total. The summed E-state index contributed by atoms with van der Waals surface area (Å²) in [5.41, 5.74) is 1.59. The Hall–Kier alpha value is -2.31. The van der Waals surface area contributed by atoms with Gasteiger partial charge in [-0.25, -0.2) is 15.0 Å². The summed E-state index contributed by atoms with van der Waals surface area (Å²) in [5.74, 6) is 0. The molecule has 0 radical (unpaired) electrons. The summed E-state index contributed by atoms with van der Waals surface area (Å²) in [6.07, 6.45) is 7.93. The summed E-state index contributed by atoms with van der Waals surface area (Å²) in [6.45, 7) is 0. The van der Waals surface area contributed by atoms with Crippen molar-refractivity contribution in [3.05, 3.63) is 31.2 Å². The van der Waals surface area contributed by atoms with Gasteiger partial charge in [-0.2, -0.15) is 15.4 Å². The molecule has 70 valence electrons. The predicted octanol–water partition coefficient (Wildman–Crippen LogP) is 0.158. The van der Waals surface area contributed by atoms with Crippen LogP contribution in [-0.2, 0) is 0 Å². The van der Waals surface area contributed by atoms with E-state index < -0.39 is 0 Å². The van der Waals surface area contributed by atoms with Crippen LogP contribution >= 0.6 is 0 Å². The van der Waals surface area contributed by atoms with Crippen molar-refractivity contribution >= 4 is 11.2 Å². The second kappa shape index (κ2) is 4.08. The summed E-state index contributed by atoms with van der Waals surface area (Å²) in [6, 6.07) is 0. The highest BCUT2D eigenvalue weighted by atomic mass is 15.3. The summed E-state index contributed by atoms with van der Waals surface area (Å²) in [4.78, 5) is 14.5. The summed E-state index contributed by atoms with van der Waals surface area (Å²) < 4.78 is 0. The molecule has 0 atom stereocenters. The van der Waals surface area contributed by atoms with Crippen molar-refractivity contribution in [3.63, 3.8) is 0 Å². The van der Waals surface area contributed by atoms with E-state index in [-0.39, 0.29) is 0 Å². The Kier molecular flexibility index (Phi) is 2.42. The first-order valence-electron chi connectivity index (χ1n) is 3.85. The molecule has 7 nitrogen and oxygen atoms in total. The quantitative estimate of drug-likeness (QED) is 0.525. The molecular formula is C7H7N7. The monoisotopic (exact) mass is 189 g/mol. The van der Waals surface area contributed by atoms with E-state index in [4.69, 9.17) is 0 Å². The molecule has 3 heterocycles. The number of imidazole rings is 1. The maximum Gasteiger partial charge on any atom is 0.180 e. The van der Waals surface area contributed by atoms with Crippen LogP contribution < -0.4 is 0 Å². The van der Waals surface area contributed by atoms with Gasteiger partial charge in [0.15, 0.2) is 5.65 Å². The van der Waals surface area contributed by atoms with E-state index in [0.717, 1.165) is 5.52 Å². The van der Waals surface area contributed by atoms with E-state index in [1.165, 1.54) is 6.33 Å². The number of rotatable bonds is 0. The molecule has 0 bridgehead atoms. The van der Waals surface area contributed by atoms with Crippen LogP contribution in [0, 0.1) is 0 Å². The Morgan fingerprint density at radius 1 is 1.07 bits per heavy atom. The molecule has 7 heteroatoms. The van der Waals surface area contributed by atoms with Gasteiger partial charge in [-0.05, 0) is 0 Å². The van der Waals surface area contributed by atoms with Gasteiger partial charge in [-0.15, -0.1) is 0 Å². The Bertz CT molecular complexity index is 424. The van der Waals surface area contributed by atoms with Crippen LogP contribution in [0.25, 0.3) is 11.2 Å². The van der Waals surface area contributed by atoms with Gasteiger partial charge in [-0.3, -0.25) is 0 Å². The molecule has 0 aromatic carbocycles. The molecule has 0 unspecified atom stereocenters. The molecule has 0 aliphatic heterocycles. The lowest BCUT2D eigenvalue weighted by Crippen LogP contribution is -1.76. The number of aromatic nitrogens is 7. The zero-order chi connectivity index (χ0) is 9.64. The fourth-order valence-electron chi connectivity index (χ4n) is 0.857. The maximum absolute atomic E-state index is 3.91. The second-order valence-electron chi connectivity index (χ2n) is 2.32. The standard InChI is InChI=1S/C5H4N4.C2H3N3/c1-4-5(8-2-6-1)9-3-7-4;1-2-4-5-3-1/h1-3H,(H,6,7,8,9);1-2H,(H,3,4,5). The highest BCUT2D eigenvalue weighted by Gasteiger charge is 1.91. The Morgan fingerprint density at radius 2 is 1.93 bits per heavy atom. The van der Waals surface area contributed by atoms with Crippen molar-refractivity contribution in [2.45, 2.75) is 0 Å². The highest BCUT2D eigenvalue weighted by Crippen LogP contribution is 1.99. The minimum Gasteiger partial charge on any atom is -0.342 e. The normalized spacial score (nSPS) is 9.43. The molecule has 0 amide bonds. The molecule has 3 aromatic heterocycles. The lowest BCUT2D eigenvalue weighted by Gasteiger charge is -1.80. The first-order chi connectivity index (χ1) is 6.97. The van der Waals surface area contributed by atoms with Crippen molar-refractivity contribution < 1.29 is 0 Å². The van der Waals surface area contributed by atoms with Crippen molar-refractivity contribution in [2.75, 3.05) is 0 Å². The molecule has 14 heavy (non-hydrogen) atoms. The molecule has 0 fully saturated rings. The van der Waals surface area contributed by atoms with Gasteiger partial charge in [0.25, 0.3) is 0 Å². The van der Waals surface area contributed by atoms with Crippen LogP contribution in [0.2, 0.25) is 0 Å². The average molecular weight is 189 g/mol. The fraction of sp³-hybridized carbons (Fsp3) is 0. The van der Waals surface area contributed by atoms with Crippen molar-refractivity contribution in [3.8, 4) is 0 Å². The van der Waals surface area contributed by atoms with Gasteiger partial charge in [0.2, 0.25) is 0 Å². The number of H-pyrrole nitrogens is 2. The van der Waals surface area contributed by atoms with Gasteiger partial charge >= 0.3 is 0 Å². The molecular weight excluding hydrogens is 182 g/mol. The average Bonchev–Trinajstić information content (AvgIpc) is 2.92. The van der Waals surface area contributed by atoms with Crippen molar-refractivity contribution in [1.29, 1.82) is 0 Å². The van der Waals surface area contributed by atoms with Gasteiger partial charge < -0.3 is 4.98 Å².